The standard InChI is InChI=1S/C27H22ClFN2O4/c1-3-22(25(32)30-17-13-14-21(29)20(28)15-17)35-27(34)24-23(16-9-5-4-6-10-16)18-11-7-8-12-19(18)26(33)31(24)2/h4-15,22H,3H2,1-2H3,(H,30,32). The fraction of sp³-hybridized carbons (Fsp3) is 0.148. The smallest absolute Gasteiger partial charge is 0.356 e. The molecule has 1 heterocycles. The Morgan fingerprint density at radius 2 is 1.69 bits per heavy atom. The van der Waals surface area contributed by atoms with E-state index in [9.17, 15) is 18.8 Å². The number of pyridine rings is 1. The van der Waals surface area contributed by atoms with Gasteiger partial charge in [-0.1, -0.05) is 67.1 Å². The number of rotatable bonds is 6. The Bertz CT molecular complexity index is 1480. The first-order valence-electron chi connectivity index (χ1n) is 11.0. The van der Waals surface area contributed by atoms with Gasteiger partial charge in [-0.25, -0.2) is 9.18 Å². The molecule has 0 aliphatic rings. The number of anilines is 1. The molecule has 0 aliphatic carbocycles. The normalized spacial score (nSPS) is 11.8. The molecule has 1 unspecified atom stereocenters. The van der Waals surface area contributed by atoms with Gasteiger partial charge in [0.2, 0.25) is 0 Å². The number of halogens is 2. The summed E-state index contributed by atoms with van der Waals surface area (Å²) in [6.45, 7) is 1.69. The van der Waals surface area contributed by atoms with Crippen molar-refractivity contribution in [2.24, 2.45) is 7.05 Å². The summed E-state index contributed by atoms with van der Waals surface area (Å²) in [7, 11) is 1.50. The number of fused-ring (bicyclic) bond motifs is 1. The summed E-state index contributed by atoms with van der Waals surface area (Å²) in [6.07, 6.45) is -0.981. The Morgan fingerprint density at radius 3 is 2.34 bits per heavy atom. The molecule has 0 bridgehead atoms. The highest BCUT2D eigenvalue weighted by atomic mass is 35.5. The highest BCUT2D eigenvalue weighted by Crippen LogP contribution is 2.31. The van der Waals surface area contributed by atoms with Crippen molar-refractivity contribution in [1.29, 1.82) is 0 Å². The highest BCUT2D eigenvalue weighted by molar-refractivity contribution is 6.31. The predicted octanol–water partition coefficient (Wildman–Crippen LogP) is 5.57. The number of esters is 1. The summed E-state index contributed by atoms with van der Waals surface area (Å²) in [6, 6.07) is 20.0. The fourth-order valence-electron chi connectivity index (χ4n) is 3.91. The van der Waals surface area contributed by atoms with E-state index in [2.05, 4.69) is 5.32 Å². The highest BCUT2D eigenvalue weighted by Gasteiger charge is 2.27. The number of aromatic nitrogens is 1. The largest absolute Gasteiger partial charge is 0.448 e. The second kappa shape index (κ2) is 10.1. The van der Waals surface area contributed by atoms with Gasteiger partial charge in [-0.3, -0.25) is 9.59 Å². The van der Waals surface area contributed by atoms with E-state index in [0.29, 0.717) is 16.3 Å². The average Bonchev–Trinajstić information content (AvgIpc) is 2.87. The lowest BCUT2D eigenvalue weighted by atomic mass is 9.97. The van der Waals surface area contributed by atoms with Gasteiger partial charge in [-0.2, -0.15) is 0 Å². The van der Waals surface area contributed by atoms with Gasteiger partial charge in [0.1, 0.15) is 11.5 Å². The number of hydrogen-bond donors (Lipinski definition) is 1. The van der Waals surface area contributed by atoms with E-state index in [4.69, 9.17) is 16.3 Å². The zero-order valence-corrected chi connectivity index (χ0v) is 19.8. The van der Waals surface area contributed by atoms with Crippen LogP contribution in [-0.2, 0) is 16.6 Å². The molecule has 1 N–H and O–H groups in total. The van der Waals surface area contributed by atoms with Gasteiger partial charge < -0.3 is 14.6 Å². The topological polar surface area (TPSA) is 77.4 Å². The van der Waals surface area contributed by atoms with Gasteiger partial charge in [0.15, 0.2) is 6.10 Å². The lowest BCUT2D eigenvalue weighted by Gasteiger charge is -2.20. The van der Waals surface area contributed by atoms with Gasteiger partial charge in [-0.15, -0.1) is 0 Å². The second-order valence-electron chi connectivity index (χ2n) is 7.92. The van der Waals surface area contributed by atoms with Crippen molar-refractivity contribution in [2.45, 2.75) is 19.4 Å². The van der Waals surface area contributed by atoms with Crippen LogP contribution in [0.15, 0.2) is 77.6 Å². The Hall–Kier alpha value is -3.97. The van der Waals surface area contributed by atoms with E-state index in [1.165, 1.54) is 23.7 Å². The van der Waals surface area contributed by atoms with Crippen molar-refractivity contribution in [3.63, 3.8) is 0 Å². The van der Waals surface area contributed by atoms with Gasteiger partial charge >= 0.3 is 5.97 Å². The van der Waals surface area contributed by atoms with Crippen molar-refractivity contribution in [3.8, 4) is 11.1 Å². The monoisotopic (exact) mass is 492 g/mol. The Balaban J connectivity index is 1.73. The molecule has 3 aromatic carbocycles. The summed E-state index contributed by atoms with van der Waals surface area (Å²) in [5.74, 6) is -2.03. The van der Waals surface area contributed by atoms with E-state index < -0.39 is 23.8 Å². The molecular weight excluding hydrogens is 471 g/mol. The van der Waals surface area contributed by atoms with E-state index in [-0.39, 0.29) is 28.4 Å². The van der Waals surface area contributed by atoms with Crippen LogP contribution in [0.5, 0.6) is 0 Å². The molecule has 6 nitrogen and oxygen atoms in total. The summed E-state index contributed by atoms with van der Waals surface area (Å²) >= 11 is 5.79. The molecule has 4 rings (SSSR count). The third kappa shape index (κ3) is 4.81. The minimum Gasteiger partial charge on any atom is -0.448 e. The molecule has 35 heavy (non-hydrogen) atoms. The minimum absolute atomic E-state index is 0.0379. The molecule has 1 aromatic heterocycles. The number of nitrogens with one attached hydrogen (secondary N) is 1. The summed E-state index contributed by atoms with van der Waals surface area (Å²) in [5, 5.41) is 3.50. The Labute approximate surface area is 205 Å². The molecule has 4 aromatic rings. The van der Waals surface area contributed by atoms with Crippen LogP contribution in [0, 0.1) is 5.82 Å². The molecule has 0 radical (unpaired) electrons. The maximum absolute atomic E-state index is 13.4. The molecule has 0 aliphatic heterocycles. The number of ether oxygens (including phenoxy) is 1. The summed E-state index contributed by atoms with van der Waals surface area (Å²) < 4.78 is 20.3. The molecule has 8 heteroatoms. The van der Waals surface area contributed by atoms with Crippen molar-refractivity contribution >= 4 is 39.9 Å². The third-order valence-electron chi connectivity index (χ3n) is 5.66. The molecule has 0 saturated heterocycles. The Kier molecular flexibility index (Phi) is 6.98. The lowest BCUT2D eigenvalue weighted by Crippen LogP contribution is -2.34. The van der Waals surface area contributed by atoms with Crippen LogP contribution in [0.25, 0.3) is 21.9 Å². The van der Waals surface area contributed by atoms with Crippen molar-refractivity contribution in [2.75, 3.05) is 5.32 Å². The molecule has 0 fully saturated rings. The van der Waals surface area contributed by atoms with Gasteiger partial charge in [0.05, 0.1) is 5.02 Å². The second-order valence-corrected chi connectivity index (χ2v) is 8.33. The first-order chi connectivity index (χ1) is 16.8. The van der Waals surface area contributed by atoms with Crippen LogP contribution in [0.3, 0.4) is 0 Å². The van der Waals surface area contributed by atoms with Gasteiger partial charge in [-0.05, 0) is 41.6 Å². The fourth-order valence-corrected chi connectivity index (χ4v) is 4.09. The molecule has 178 valence electrons. The van der Waals surface area contributed by atoms with E-state index in [1.807, 2.05) is 30.3 Å². The van der Waals surface area contributed by atoms with Crippen LogP contribution < -0.4 is 10.9 Å². The number of benzene rings is 3. The van der Waals surface area contributed by atoms with Gasteiger partial charge in [0, 0.05) is 23.7 Å². The Morgan fingerprint density at radius 1 is 1.03 bits per heavy atom. The molecule has 1 amide bonds. The zero-order chi connectivity index (χ0) is 25.1. The van der Waals surface area contributed by atoms with E-state index in [0.717, 1.165) is 11.6 Å². The predicted molar refractivity (Wildman–Crippen MR) is 134 cm³/mol. The third-order valence-corrected chi connectivity index (χ3v) is 5.95. The molecule has 0 spiro atoms. The molecule has 0 saturated carbocycles. The average molecular weight is 493 g/mol. The molecular formula is C27H22ClFN2O4. The number of amides is 1. The number of carbonyl (C=O) groups is 2. The quantitative estimate of drug-likeness (QED) is 0.357. The summed E-state index contributed by atoms with van der Waals surface area (Å²) in [4.78, 5) is 39.3. The number of carbonyl (C=O) groups excluding carboxylic acids is 2. The van der Waals surface area contributed by atoms with Crippen molar-refractivity contribution in [3.05, 3.63) is 99.7 Å². The van der Waals surface area contributed by atoms with Crippen LogP contribution in [-0.4, -0.2) is 22.5 Å². The number of nitrogens with zero attached hydrogens (tertiary/aromatic N) is 1. The van der Waals surface area contributed by atoms with Crippen LogP contribution >= 0.6 is 11.6 Å². The van der Waals surface area contributed by atoms with Crippen LogP contribution in [0.2, 0.25) is 5.02 Å². The maximum Gasteiger partial charge on any atom is 0.356 e. The summed E-state index contributed by atoms with van der Waals surface area (Å²) in [5.41, 5.74) is 1.21. The first kappa shape index (κ1) is 24.2. The van der Waals surface area contributed by atoms with Crippen LogP contribution in [0.1, 0.15) is 23.8 Å². The SMILES string of the molecule is CCC(OC(=O)c1c(-c2ccccc2)c2ccccc2c(=O)n1C)C(=O)Nc1ccc(F)c(Cl)c1. The van der Waals surface area contributed by atoms with Gasteiger partial charge in [0.25, 0.3) is 11.5 Å². The van der Waals surface area contributed by atoms with Crippen LogP contribution in [0.4, 0.5) is 10.1 Å². The van der Waals surface area contributed by atoms with E-state index in [1.54, 1.807) is 31.2 Å². The van der Waals surface area contributed by atoms with Crippen molar-refractivity contribution in [1.82, 2.24) is 4.57 Å². The zero-order valence-electron chi connectivity index (χ0n) is 19.0. The number of hydrogen-bond acceptors (Lipinski definition) is 4. The van der Waals surface area contributed by atoms with E-state index >= 15 is 0 Å². The van der Waals surface area contributed by atoms with Crippen molar-refractivity contribution < 1.29 is 18.7 Å². The first-order valence-corrected chi connectivity index (χ1v) is 11.3. The molecule has 1 atom stereocenters. The lowest BCUT2D eigenvalue weighted by molar-refractivity contribution is -0.124. The minimum atomic E-state index is -1.16. The maximum atomic E-state index is 13.4.